The van der Waals surface area contributed by atoms with E-state index in [1.165, 1.54) is 21.9 Å². The third-order valence-corrected chi connectivity index (χ3v) is 15.2. The molecule has 6 nitrogen and oxygen atoms in total. The number of fused-ring (bicyclic) bond motifs is 12. The molecule has 11 aromatic carbocycles. The van der Waals surface area contributed by atoms with E-state index in [9.17, 15) is 10.5 Å². The number of nitriles is 2. The highest BCUT2D eigenvalue weighted by Crippen LogP contribution is 2.56. The monoisotopic (exact) mass is 940 g/mol. The number of hydrogen-bond acceptors (Lipinski definition) is 4. The van der Waals surface area contributed by atoms with Crippen LogP contribution >= 0.6 is 0 Å². The first kappa shape index (κ1) is 41.4. The van der Waals surface area contributed by atoms with Crippen LogP contribution in [0, 0.1) is 22.7 Å². The Morgan fingerprint density at radius 1 is 0.284 bits per heavy atom. The van der Waals surface area contributed by atoms with Gasteiger partial charge in [-0.3, -0.25) is 0 Å². The van der Waals surface area contributed by atoms with Gasteiger partial charge in [0.25, 0.3) is 0 Å². The molecule has 0 fully saturated rings. The second-order valence-corrected chi connectivity index (χ2v) is 18.9. The fraction of sp³-hybridized carbons (Fsp3) is 0. The molecule has 342 valence electrons. The molecule has 4 aromatic heterocycles. The van der Waals surface area contributed by atoms with Gasteiger partial charge in [-0.25, -0.2) is 0 Å². The summed E-state index contributed by atoms with van der Waals surface area (Å²) in [6, 6.07) is 90.3. The Hall–Kier alpha value is -10.4. The Morgan fingerprint density at radius 3 is 1.00 bits per heavy atom. The first-order valence-electron chi connectivity index (χ1n) is 24.9. The van der Waals surface area contributed by atoms with E-state index in [-0.39, 0.29) is 0 Å². The van der Waals surface area contributed by atoms with Crippen LogP contribution in [0.3, 0.4) is 0 Å². The summed E-state index contributed by atoms with van der Waals surface area (Å²) >= 11 is 0. The summed E-state index contributed by atoms with van der Waals surface area (Å²) in [5, 5.41) is 30.3. The van der Waals surface area contributed by atoms with E-state index in [1.54, 1.807) is 0 Å². The van der Waals surface area contributed by atoms with Crippen LogP contribution in [-0.4, -0.2) is 8.80 Å². The van der Waals surface area contributed by atoms with E-state index in [4.69, 9.17) is 0 Å². The minimum Gasteiger partial charge on any atom is -0.308 e. The van der Waals surface area contributed by atoms with Crippen molar-refractivity contribution in [3.05, 3.63) is 254 Å². The summed E-state index contributed by atoms with van der Waals surface area (Å²) in [6.45, 7) is 0. The van der Waals surface area contributed by atoms with Crippen LogP contribution in [0.4, 0.5) is 34.1 Å². The van der Waals surface area contributed by atoms with Crippen molar-refractivity contribution in [3.8, 4) is 34.4 Å². The van der Waals surface area contributed by atoms with Crippen molar-refractivity contribution in [2.75, 3.05) is 9.80 Å². The summed E-state index contributed by atoms with van der Waals surface area (Å²) in [5.41, 5.74) is 18.1. The normalized spacial score (nSPS) is 11.8. The average molecular weight is 941 g/mol. The van der Waals surface area contributed by atoms with E-state index in [0.717, 1.165) is 111 Å². The van der Waals surface area contributed by atoms with Gasteiger partial charge >= 0.3 is 0 Å². The molecule has 15 aromatic rings. The minimum atomic E-state index is 0.599. The molecular formula is C68H40N6. The third-order valence-electron chi connectivity index (χ3n) is 15.2. The SMILES string of the molecule is N#Cc1ccccc1N(c1ccccc1)c1cccc2c1c1cccc3c4c(-c5ccccc5)c5c(c(-c6ccccc6)c4n2c13)c1cccc2c3c(N(c4ccccc4)c4ccccc4C#N)cccc3n5c21. The van der Waals surface area contributed by atoms with Crippen molar-refractivity contribution in [2.45, 2.75) is 0 Å². The minimum absolute atomic E-state index is 0.599. The van der Waals surface area contributed by atoms with Crippen molar-refractivity contribution in [1.82, 2.24) is 8.80 Å². The Bertz CT molecular complexity index is 4490. The van der Waals surface area contributed by atoms with Gasteiger partial charge in [0.15, 0.2) is 0 Å². The number of para-hydroxylation sites is 6. The maximum Gasteiger partial charge on any atom is 0.101 e. The molecular weight excluding hydrogens is 901 g/mol. The molecule has 0 aliphatic carbocycles. The number of hydrogen-bond donors (Lipinski definition) is 0. The van der Waals surface area contributed by atoms with Crippen molar-refractivity contribution in [1.29, 1.82) is 10.5 Å². The molecule has 0 bridgehead atoms. The van der Waals surface area contributed by atoms with E-state index in [2.05, 4.69) is 213 Å². The number of nitrogens with zero attached hydrogens (tertiary/aromatic N) is 6. The Morgan fingerprint density at radius 2 is 0.608 bits per heavy atom. The molecule has 6 heteroatoms. The molecule has 4 heterocycles. The molecule has 0 saturated carbocycles. The maximum atomic E-state index is 10.6. The molecule has 0 spiro atoms. The number of aromatic nitrogens is 2. The topological polar surface area (TPSA) is 62.9 Å². The zero-order valence-electron chi connectivity index (χ0n) is 39.8. The first-order chi connectivity index (χ1) is 36.7. The highest BCUT2D eigenvalue weighted by Gasteiger charge is 2.32. The quantitative estimate of drug-likeness (QED) is 0.152. The highest BCUT2D eigenvalue weighted by molar-refractivity contribution is 6.39. The molecule has 0 aliphatic heterocycles. The molecule has 0 radical (unpaired) electrons. The van der Waals surface area contributed by atoms with E-state index >= 15 is 0 Å². The predicted octanol–water partition coefficient (Wildman–Crippen LogP) is 18.0. The summed E-state index contributed by atoms with van der Waals surface area (Å²) in [7, 11) is 0. The van der Waals surface area contributed by atoms with Crippen LogP contribution in [-0.2, 0) is 0 Å². The van der Waals surface area contributed by atoms with Gasteiger partial charge in [0, 0.05) is 65.6 Å². The summed E-state index contributed by atoms with van der Waals surface area (Å²) < 4.78 is 5.09. The molecule has 0 aliphatic rings. The summed E-state index contributed by atoms with van der Waals surface area (Å²) in [5.74, 6) is 0. The third kappa shape index (κ3) is 5.68. The second-order valence-electron chi connectivity index (χ2n) is 18.9. The van der Waals surface area contributed by atoms with Crippen LogP contribution in [0.1, 0.15) is 11.1 Å². The Labute approximate surface area is 425 Å². The molecule has 0 unspecified atom stereocenters. The number of anilines is 6. The van der Waals surface area contributed by atoms with Gasteiger partial charge in [0.2, 0.25) is 0 Å². The lowest BCUT2D eigenvalue weighted by atomic mass is 9.89. The van der Waals surface area contributed by atoms with Crippen LogP contribution < -0.4 is 9.80 Å². The largest absolute Gasteiger partial charge is 0.308 e. The zero-order valence-corrected chi connectivity index (χ0v) is 39.8. The molecule has 0 atom stereocenters. The average Bonchev–Trinajstić information content (AvgIpc) is 4.21. The van der Waals surface area contributed by atoms with Gasteiger partial charge in [-0.2, -0.15) is 10.5 Å². The van der Waals surface area contributed by atoms with Gasteiger partial charge in [0.05, 0.1) is 67.0 Å². The van der Waals surface area contributed by atoms with Crippen LogP contribution in [0.15, 0.2) is 243 Å². The van der Waals surface area contributed by atoms with E-state index in [1.807, 2.05) is 60.7 Å². The smallest absolute Gasteiger partial charge is 0.101 e. The van der Waals surface area contributed by atoms with Crippen molar-refractivity contribution < 1.29 is 0 Å². The number of rotatable bonds is 8. The van der Waals surface area contributed by atoms with Gasteiger partial charge in [-0.15, -0.1) is 0 Å². The van der Waals surface area contributed by atoms with Crippen LogP contribution in [0.2, 0.25) is 0 Å². The summed E-state index contributed by atoms with van der Waals surface area (Å²) in [6.07, 6.45) is 0. The predicted molar refractivity (Wildman–Crippen MR) is 305 cm³/mol. The molecule has 0 amide bonds. The van der Waals surface area contributed by atoms with Crippen molar-refractivity contribution >= 4 is 110 Å². The maximum absolute atomic E-state index is 10.6. The lowest BCUT2D eigenvalue weighted by molar-refractivity contribution is 1.28. The highest BCUT2D eigenvalue weighted by atomic mass is 15.2. The van der Waals surface area contributed by atoms with Crippen LogP contribution in [0.25, 0.3) is 98.4 Å². The fourth-order valence-corrected chi connectivity index (χ4v) is 12.4. The lowest BCUT2D eigenvalue weighted by Crippen LogP contribution is -2.11. The molecule has 15 rings (SSSR count). The van der Waals surface area contributed by atoms with Gasteiger partial charge in [-0.05, 0) is 83.9 Å². The van der Waals surface area contributed by atoms with Gasteiger partial charge < -0.3 is 18.6 Å². The standard InChI is InChI=1S/C68H40N6/c69-41-45-25-13-15-35-53(45)71(47-27-9-3-10-28-47)55-37-19-39-57-61(55)50-32-18-34-52-64-60(44-23-7-2-8-24-44)68-63(59(43-21-5-1-6-22-43)67(64)73(57)66(50)52)51-33-17-31-49-62-56(38-20-40-58(62)74(68)65(49)51)72(48-29-11-4-12-30-48)54-36-16-14-26-46(54)42-70/h1-40H. The van der Waals surface area contributed by atoms with Crippen LogP contribution in [0.5, 0.6) is 0 Å². The van der Waals surface area contributed by atoms with Gasteiger partial charge in [0.1, 0.15) is 12.1 Å². The Balaban J connectivity index is 1.15. The van der Waals surface area contributed by atoms with E-state index in [0.29, 0.717) is 11.1 Å². The summed E-state index contributed by atoms with van der Waals surface area (Å²) in [4.78, 5) is 4.50. The number of benzene rings is 11. The zero-order chi connectivity index (χ0) is 49.0. The van der Waals surface area contributed by atoms with Crippen molar-refractivity contribution in [3.63, 3.8) is 0 Å². The molecule has 74 heavy (non-hydrogen) atoms. The lowest BCUT2D eigenvalue weighted by Gasteiger charge is -2.27. The Kier molecular flexibility index (Phi) is 8.99. The van der Waals surface area contributed by atoms with Gasteiger partial charge in [-0.1, -0.05) is 170 Å². The first-order valence-corrected chi connectivity index (χ1v) is 24.9. The fourth-order valence-electron chi connectivity index (χ4n) is 12.4. The second kappa shape index (κ2) is 16.1. The molecule has 0 saturated heterocycles. The van der Waals surface area contributed by atoms with E-state index < -0.39 is 0 Å². The van der Waals surface area contributed by atoms with Crippen molar-refractivity contribution in [2.24, 2.45) is 0 Å². The molecule has 0 N–H and O–H groups in total.